The van der Waals surface area contributed by atoms with E-state index in [0.29, 0.717) is 23.0 Å². The molecule has 0 atom stereocenters. The van der Waals surface area contributed by atoms with Crippen molar-refractivity contribution in [2.75, 3.05) is 5.73 Å². The van der Waals surface area contributed by atoms with E-state index in [4.69, 9.17) is 5.73 Å². The highest BCUT2D eigenvalue weighted by Gasteiger charge is 2.34. The third-order valence-corrected chi connectivity index (χ3v) is 4.31. The van der Waals surface area contributed by atoms with E-state index in [0.717, 1.165) is 35.5 Å². The van der Waals surface area contributed by atoms with E-state index in [-0.39, 0.29) is 0 Å². The normalized spacial score (nSPS) is 15.4. The molecule has 2 N–H and O–H groups in total. The van der Waals surface area contributed by atoms with Crippen molar-refractivity contribution >= 4 is 16.5 Å². The standard InChI is InChI=1S/C14H12F4N2S/c15-10-4-1-7(5-9(10)14(16,17)18)6-11-12(8-2-3-8)20-13(19)21-11/h1,4-5,8H,2-3,6H2,(H2,19,20). The molecule has 21 heavy (non-hydrogen) atoms. The number of nitrogens with zero attached hydrogens (tertiary/aromatic N) is 1. The second-order valence-corrected chi connectivity index (χ2v) is 6.24. The number of anilines is 1. The summed E-state index contributed by atoms with van der Waals surface area (Å²) in [5.41, 5.74) is 5.75. The quantitative estimate of drug-likeness (QED) is 0.855. The van der Waals surface area contributed by atoms with Gasteiger partial charge >= 0.3 is 6.18 Å². The minimum Gasteiger partial charge on any atom is -0.375 e. The monoisotopic (exact) mass is 316 g/mol. The highest BCUT2D eigenvalue weighted by atomic mass is 32.1. The Labute approximate surface area is 122 Å². The molecule has 2 nitrogen and oxygen atoms in total. The van der Waals surface area contributed by atoms with Crippen LogP contribution in [0.5, 0.6) is 0 Å². The molecule has 0 unspecified atom stereocenters. The lowest BCUT2D eigenvalue weighted by Gasteiger charge is -2.10. The molecular formula is C14H12F4N2S. The van der Waals surface area contributed by atoms with Gasteiger partial charge < -0.3 is 5.73 Å². The molecule has 1 aromatic heterocycles. The molecule has 1 aromatic carbocycles. The highest BCUT2D eigenvalue weighted by Crippen LogP contribution is 2.44. The van der Waals surface area contributed by atoms with E-state index in [9.17, 15) is 17.6 Å². The number of alkyl halides is 3. The second kappa shape index (κ2) is 4.98. The number of hydrogen-bond acceptors (Lipinski definition) is 3. The molecular weight excluding hydrogens is 304 g/mol. The predicted octanol–water partition coefficient (Wildman–Crippen LogP) is 4.35. The van der Waals surface area contributed by atoms with Crippen molar-refractivity contribution in [3.8, 4) is 0 Å². The van der Waals surface area contributed by atoms with E-state index in [2.05, 4.69) is 4.98 Å². The maximum absolute atomic E-state index is 13.3. The maximum Gasteiger partial charge on any atom is 0.419 e. The van der Waals surface area contributed by atoms with Crippen molar-refractivity contribution in [2.24, 2.45) is 0 Å². The summed E-state index contributed by atoms with van der Waals surface area (Å²) in [6.07, 6.45) is -2.32. The average Bonchev–Trinajstić information content (AvgIpc) is 3.15. The average molecular weight is 316 g/mol. The zero-order valence-electron chi connectivity index (χ0n) is 10.9. The SMILES string of the molecule is Nc1nc(C2CC2)c(Cc2ccc(F)c(C(F)(F)F)c2)s1. The van der Waals surface area contributed by atoms with Crippen LogP contribution < -0.4 is 5.73 Å². The van der Waals surface area contributed by atoms with Crippen molar-refractivity contribution in [3.63, 3.8) is 0 Å². The van der Waals surface area contributed by atoms with Crippen LogP contribution in [0.3, 0.4) is 0 Å². The molecule has 1 aliphatic rings. The van der Waals surface area contributed by atoms with Crippen LogP contribution in [0.4, 0.5) is 22.7 Å². The lowest BCUT2D eigenvalue weighted by atomic mass is 10.0. The molecule has 0 saturated heterocycles. The van der Waals surface area contributed by atoms with Crippen LogP contribution in [0.1, 0.15) is 40.5 Å². The molecule has 1 heterocycles. The summed E-state index contributed by atoms with van der Waals surface area (Å²) in [5.74, 6) is -0.881. The zero-order valence-corrected chi connectivity index (χ0v) is 11.7. The third-order valence-electron chi connectivity index (χ3n) is 3.41. The Morgan fingerprint density at radius 1 is 1.29 bits per heavy atom. The predicted molar refractivity (Wildman–Crippen MR) is 72.7 cm³/mol. The Morgan fingerprint density at radius 2 is 2.00 bits per heavy atom. The topological polar surface area (TPSA) is 38.9 Å². The van der Waals surface area contributed by atoms with E-state index >= 15 is 0 Å². The second-order valence-electron chi connectivity index (χ2n) is 5.12. The van der Waals surface area contributed by atoms with Gasteiger partial charge in [0.05, 0.1) is 11.3 Å². The van der Waals surface area contributed by atoms with Crippen molar-refractivity contribution < 1.29 is 17.6 Å². The van der Waals surface area contributed by atoms with E-state index < -0.39 is 17.6 Å². The van der Waals surface area contributed by atoms with E-state index in [1.807, 2.05) is 0 Å². The Morgan fingerprint density at radius 3 is 2.62 bits per heavy atom. The van der Waals surface area contributed by atoms with Gasteiger partial charge in [-0.05, 0) is 30.5 Å². The first-order valence-corrected chi connectivity index (χ1v) is 7.27. The van der Waals surface area contributed by atoms with Crippen LogP contribution in [0.15, 0.2) is 18.2 Å². The molecule has 2 aromatic rings. The fourth-order valence-corrected chi connectivity index (χ4v) is 3.22. The van der Waals surface area contributed by atoms with Gasteiger partial charge in [0.15, 0.2) is 5.13 Å². The van der Waals surface area contributed by atoms with Gasteiger partial charge in [0.2, 0.25) is 0 Å². The Bertz CT molecular complexity index is 674. The lowest BCUT2D eigenvalue weighted by Crippen LogP contribution is -2.09. The number of nitrogen functional groups attached to an aromatic ring is 1. The molecule has 112 valence electrons. The Kier molecular flexibility index (Phi) is 3.39. The van der Waals surface area contributed by atoms with Crippen LogP contribution in [0, 0.1) is 5.82 Å². The molecule has 0 spiro atoms. The molecule has 0 amide bonds. The van der Waals surface area contributed by atoms with Crippen molar-refractivity contribution in [1.29, 1.82) is 0 Å². The largest absolute Gasteiger partial charge is 0.419 e. The molecule has 3 rings (SSSR count). The maximum atomic E-state index is 13.3. The summed E-state index contributed by atoms with van der Waals surface area (Å²) >= 11 is 1.29. The number of hydrogen-bond donors (Lipinski definition) is 1. The molecule has 0 aliphatic heterocycles. The van der Waals surface area contributed by atoms with Gasteiger partial charge in [-0.3, -0.25) is 0 Å². The summed E-state index contributed by atoms with van der Waals surface area (Å²) in [6, 6.07) is 3.10. The van der Waals surface area contributed by atoms with E-state index in [1.165, 1.54) is 17.4 Å². The molecule has 0 bridgehead atoms. The third kappa shape index (κ3) is 3.02. The van der Waals surface area contributed by atoms with Gasteiger partial charge in [-0.15, -0.1) is 11.3 Å². The number of benzene rings is 1. The first-order valence-electron chi connectivity index (χ1n) is 6.45. The molecule has 1 fully saturated rings. The zero-order chi connectivity index (χ0) is 15.2. The van der Waals surface area contributed by atoms with Crippen molar-refractivity contribution in [1.82, 2.24) is 4.98 Å². The number of halogens is 4. The first kappa shape index (κ1) is 14.3. The van der Waals surface area contributed by atoms with Gasteiger partial charge in [0.1, 0.15) is 5.82 Å². The van der Waals surface area contributed by atoms with Crippen molar-refractivity contribution in [2.45, 2.75) is 31.4 Å². The number of thiazole rings is 1. The minimum absolute atomic E-state index is 0.296. The fraction of sp³-hybridized carbons (Fsp3) is 0.357. The van der Waals surface area contributed by atoms with Gasteiger partial charge in [0.25, 0.3) is 0 Å². The minimum atomic E-state index is -4.69. The molecule has 1 aliphatic carbocycles. The Hall–Kier alpha value is -1.63. The van der Waals surface area contributed by atoms with Crippen LogP contribution >= 0.6 is 11.3 Å². The summed E-state index contributed by atoms with van der Waals surface area (Å²) in [5, 5.41) is 0.421. The number of nitrogens with two attached hydrogens (primary N) is 1. The summed E-state index contributed by atoms with van der Waals surface area (Å²) in [6.45, 7) is 0. The summed E-state index contributed by atoms with van der Waals surface area (Å²) < 4.78 is 51.4. The van der Waals surface area contributed by atoms with Crippen LogP contribution in [-0.2, 0) is 12.6 Å². The van der Waals surface area contributed by atoms with Crippen LogP contribution in [-0.4, -0.2) is 4.98 Å². The van der Waals surface area contributed by atoms with Gasteiger partial charge in [-0.25, -0.2) is 9.37 Å². The Balaban J connectivity index is 1.92. The smallest absolute Gasteiger partial charge is 0.375 e. The summed E-state index contributed by atoms with van der Waals surface area (Å²) in [4.78, 5) is 5.13. The van der Waals surface area contributed by atoms with Crippen LogP contribution in [0.2, 0.25) is 0 Å². The summed E-state index contributed by atoms with van der Waals surface area (Å²) in [7, 11) is 0. The van der Waals surface area contributed by atoms with Gasteiger partial charge in [0, 0.05) is 17.2 Å². The first-order chi connectivity index (χ1) is 9.84. The lowest BCUT2D eigenvalue weighted by molar-refractivity contribution is -0.140. The number of rotatable bonds is 3. The molecule has 1 saturated carbocycles. The molecule has 7 heteroatoms. The van der Waals surface area contributed by atoms with Crippen LogP contribution in [0.25, 0.3) is 0 Å². The number of aromatic nitrogens is 1. The molecule has 0 radical (unpaired) electrons. The highest BCUT2D eigenvalue weighted by molar-refractivity contribution is 7.15. The fourth-order valence-electron chi connectivity index (χ4n) is 2.27. The van der Waals surface area contributed by atoms with Crippen molar-refractivity contribution in [3.05, 3.63) is 45.7 Å². The van der Waals surface area contributed by atoms with Gasteiger partial charge in [-0.1, -0.05) is 6.07 Å². The van der Waals surface area contributed by atoms with E-state index in [1.54, 1.807) is 0 Å². The van der Waals surface area contributed by atoms with Gasteiger partial charge in [-0.2, -0.15) is 13.2 Å².